The average molecular weight is 329 g/mol. The first-order chi connectivity index (χ1) is 11.5. The molecule has 1 aromatic carbocycles. The van der Waals surface area contributed by atoms with E-state index in [0.29, 0.717) is 11.7 Å². The summed E-state index contributed by atoms with van der Waals surface area (Å²) >= 11 is 0. The highest BCUT2D eigenvalue weighted by atomic mass is 16.5. The first kappa shape index (κ1) is 16.0. The fourth-order valence-electron chi connectivity index (χ4n) is 2.45. The molecule has 1 fully saturated rings. The Balaban J connectivity index is 1.75. The molecular weight excluding hydrogens is 310 g/mol. The molecule has 2 aromatic rings. The first-order valence-electron chi connectivity index (χ1n) is 7.78. The molecule has 1 saturated heterocycles. The highest BCUT2D eigenvalue weighted by molar-refractivity contribution is 5.90. The molecule has 0 unspecified atom stereocenters. The minimum atomic E-state index is -0.602. The molecule has 8 nitrogen and oxygen atoms in total. The van der Waals surface area contributed by atoms with Crippen LogP contribution in [0.5, 0.6) is 0 Å². The van der Waals surface area contributed by atoms with E-state index in [4.69, 9.17) is 4.52 Å². The van der Waals surface area contributed by atoms with Crippen molar-refractivity contribution < 1.29 is 14.1 Å². The monoisotopic (exact) mass is 329 g/mol. The zero-order valence-electron chi connectivity index (χ0n) is 13.4. The van der Waals surface area contributed by atoms with Crippen molar-refractivity contribution >= 4 is 11.9 Å². The summed E-state index contributed by atoms with van der Waals surface area (Å²) in [7, 11) is 0. The second-order valence-electron chi connectivity index (χ2n) is 5.96. The number of hydrogen-bond donors (Lipinski definition) is 3. The number of carbonyl (C=O) groups is 2. The van der Waals surface area contributed by atoms with Gasteiger partial charge in [0.2, 0.25) is 17.6 Å². The van der Waals surface area contributed by atoms with Gasteiger partial charge in [-0.15, -0.1) is 0 Å². The van der Waals surface area contributed by atoms with E-state index < -0.39 is 12.1 Å². The number of aromatic nitrogens is 2. The van der Waals surface area contributed by atoms with Gasteiger partial charge in [0.05, 0.1) is 0 Å². The molecule has 3 N–H and O–H groups in total. The van der Waals surface area contributed by atoms with Gasteiger partial charge in [0.15, 0.2) is 0 Å². The Kier molecular flexibility index (Phi) is 4.45. The smallest absolute Gasteiger partial charge is 0.315 e. The second-order valence-corrected chi connectivity index (χ2v) is 5.96. The highest BCUT2D eigenvalue weighted by Gasteiger charge is 2.31. The predicted molar refractivity (Wildman–Crippen MR) is 85.8 cm³/mol. The minimum absolute atomic E-state index is 0.0445. The predicted octanol–water partition coefficient (Wildman–Crippen LogP) is 1.23. The summed E-state index contributed by atoms with van der Waals surface area (Å²) in [6, 6.07) is 8.09. The molecule has 3 amide bonds. The van der Waals surface area contributed by atoms with Gasteiger partial charge in [-0.2, -0.15) is 4.98 Å². The van der Waals surface area contributed by atoms with Crippen LogP contribution in [0.15, 0.2) is 34.9 Å². The summed E-state index contributed by atoms with van der Waals surface area (Å²) in [5.41, 5.74) is 0.841. The van der Waals surface area contributed by atoms with Gasteiger partial charge in [-0.05, 0) is 5.92 Å². The largest absolute Gasteiger partial charge is 0.342 e. The lowest BCUT2D eigenvalue weighted by Gasteiger charge is -2.20. The Hall–Kier alpha value is -2.90. The lowest BCUT2D eigenvalue weighted by Crippen LogP contribution is -2.45. The number of carbonyl (C=O) groups excluding carboxylic acids is 2. The van der Waals surface area contributed by atoms with Gasteiger partial charge in [0.1, 0.15) is 12.1 Å². The molecular formula is C16H19N5O3. The van der Waals surface area contributed by atoms with Gasteiger partial charge in [-0.1, -0.05) is 49.3 Å². The van der Waals surface area contributed by atoms with Gasteiger partial charge in [-0.3, -0.25) is 4.79 Å². The van der Waals surface area contributed by atoms with Crippen molar-refractivity contribution in [2.45, 2.75) is 25.9 Å². The zero-order valence-corrected chi connectivity index (χ0v) is 13.4. The van der Waals surface area contributed by atoms with Crippen LogP contribution in [0.3, 0.4) is 0 Å². The van der Waals surface area contributed by atoms with E-state index in [1.54, 1.807) is 0 Å². The molecule has 24 heavy (non-hydrogen) atoms. The number of nitrogens with zero attached hydrogens (tertiary/aromatic N) is 2. The molecule has 0 radical (unpaired) electrons. The molecule has 1 aliphatic heterocycles. The summed E-state index contributed by atoms with van der Waals surface area (Å²) in [4.78, 5) is 27.9. The van der Waals surface area contributed by atoms with Crippen LogP contribution in [0.1, 0.15) is 25.8 Å². The fraction of sp³-hybridized carbons (Fsp3) is 0.375. The molecule has 8 heteroatoms. The molecule has 1 aromatic heterocycles. The van der Waals surface area contributed by atoms with E-state index in [0.717, 1.165) is 5.56 Å². The van der Waals surface area contributed by atoms with Crippen molar-refractivity contribution in [2.24, 2.45) is 5.92 Å². The molecule has 126 valence electrons. The molecule has 1 aliphatic rings. The molecule has 3 rings (SSSR count). The summed E-state index contributed by atoms with van der Waals surface area (Å²) in [5.74, 6) is 0.574. The Bertz CT molecular complexity index is 728. The maximum Gasteiger partial charge on any atom is 0.315 e. The number of hydrogen-bond acceptors (Lipinski definition) is 5. The van der Waals surface area contributed by atoms with Crippen molar-refractivity contribution in [3.8, 4) is 11.4 Å². The van der Waals surface area contributed by atoms with Gasteiger partial charge < -0.3 is 20.5 Å². The van der Waals surface area contributed by atoms with Crippen molar-refractivity contribution in [3.63, 3.8) is 0 Å². The summed E-state index contributed by atoms with van der Waals surface area (Å²) in [6.45, 7) is 4.15. The fourth-order valence-corrected chi connectivity index (χ4v) is 2.45. The van der Waals surface area contributed by atoms with Crippen molar-refractivity contribution in [2.75, 3.05) is 6.54 Å². The van der Waals surface area contributed by atoms with Crippen molar-refractivity contribution in [1.29, 1.82) is 0 Å². The molecule has 0 aliphatic carbocycles. The maximum absolute atomic E-state index is 12.3. The van der Waals surface area contributed by atoms with Crippen LogP contribution in [0, 0.1) is 5.92 Å². The highest BCUT2D eigenvalue weighted by Crippen LogP contribution is 2.23. The molecule has 0 spiro atoms. The van der Waals surface area contributed by atoms with E-state index in [9.17, 15) is 9.59 Å². The Morgan fingerprint density at radius 1 is 1.33 bits per heavy atom. The number of rotatable bonds is 5. The molecule has 2 heterocycles. The first-order valence-corrected chi connectivity index (χ1v) is 7.78. The SMILES string of the molecule is CC(C)[C@H](NC(=O)[C@@H]1CNC(=O)N1)c1nc(-c2ccccc2)no1. The third-order valence-corrected chi connectivity index (χ3v) is 3.79. The van der Waals surface area contributed by atoms with Crippen LogP contribution >= 0.6 is 0 Å². The Labute approximate surface area is 139 Å². The standard InChI is InChI=1S/C16H19N5O3/c1-9(2)12(19-14(22)11-8-17-16(23)18-11)15-20-13(21-24-15)10-6-4-3-5-7-10/h3-7,9,11-12H,8H2,1-2H3,(H,19,22)(H2,17,18,23)/t11-,12-/m0/s1. The Morgan fingerprint density at radius 3 is 2.71 bits per heavy atom. The third-order valence-electron chi connectivity index (χ3n) is 3.79. The maximum atomic E-state index is 12.3. The topological polar surface area (TPSA) is 109 Å². The Morgan fingerprint density at radius 2 is 2.08 bits per heavy atom. The van der Waals surface area contributed by atoms with E-state index in [-0.39, 0.29) is 24.4 Å². The normalized spacial score (nSPS) is 18.1. The molecule has 0 bridgehead atoms. The van der Waals surface area contributed by atoms with Crippen LogP contribution in [0.2, 0.25) is 0 Å². The van der Waals surface area contributed by atoms with Crippen LogP contribution < -0.4 is 16.0 Å². The van der Waals surface area contributed by atoms with Gasteiger partial charge in [0.25, 0.3) is 0 Å². The van der Waals surface area contributed by atoms with Gasteiger partial charge in [-0.25, -0.2) is 4.79 Å². The lowest BCUT2D eigenvalue weighted by atomic mass is 10.0. The summed E-state index contributed by atoms with van der Waals surface area (Å²) < 4.78 is 5.35. The number of urea groups is 1. The number of amides is 3. The van der Waals surface area contributed by atoms with Gasteiger partial charge >= 0.3 is 6.03 Å². The quantitative estimate of drug-likeness (QED) is 0.764. The van der Waals surface area contributed by atoms with Crippen LogP contribution in [0.4, 0.5) is 4.79 Å². The minimum Gasteiger partial charge on any atom is -0.342 e. The number of benzene rings is 1. The number of nitrogens with one attached hydrogen (secondary N) is 3. The molecule has 2 atom stereocenters. The zero-order chi connectivity index (χ0) is 17.1. The average Bonchev–Trinajstić information content (AvgIpc) is 3.22. The molecule has 0 saturated carbocycles. The lowest BCUT2D eigenvalue weighted by molar-refractivity contribution is -0.123. The summed E-state index contributed by atoms with van der Waals surface area (Å²) in [5, 5.41) is 12.0. The van der Waals surface area contributed by atoms with Crippen LogP contribution in [0.25, 0.3) is 11.4 Å². The van der Waals surface area contributed by atoms with Crippen LogP contribution in [-0.4, -0.2) is 34.7 Å². The van der Waals surface area contributed by atoms with Crippen LogP contribution in [-0.2, 0) is 4.79 Å². The van der Waals surface area contributed by atoms with E-state index in [2.05, 4.69) is 26.1 Å². The summed E-state index contributed by atoms with van der Waals surface area (Å²) in [6.07, 6.45) is 0. The van der Waals surface area contributed by atoms with Crippen molar-refractivity contribution in [1.82, 2.24) is 26.1 Å². The third kappa shape index (κ3) is 3.37. The second kappa shape index (κ2) is 6.69. The van der Waals surface area contributed by atoms with E-state index in [1.165, 1.54) is 0 Å². The van der Waals surface area contributed by atoms with Gasteiger partial charge in [0, 0.05) is 12.1 Å². The van der Waals surface area contributed by atoms with Crippen molar-refractivity contribution in [3.05, 3.63) is 36.2 Å². The van der Waals surface area contributed by atoms with E-state index >= 15 is 0 Å². The van der Waals surface area contributed by atoms with E-state index in [1.807, 2.05) is 44.2 Å².